The molecule has 3 aromatic rings. The van der Waals surface area contributed by atoms with Gasteiger partial charge in [-0.05, 0) is 81.7 Å². The smallest absolute Gasteiger partial charge is 0.244 e. The van der Waals surface area contributed by atoms with E-state index < -0.39 is 0 Å². The van der Waals surface area contributed by atoms with Crippen molar-refractivity contribution in [2.75, 3.05) is 39.9 Å². The minimum atomic E-state index is 0.0171. The van der Waals surface area contributed by atoms with E-state index in [1.54, 1.807) is 4.68 Å². The molecule has 37 heavy (non-hydrogen) atoms. The van der Waals surface area contributed by atoms with Crippen LogP contribution in [-0.2, 0) is 17.9 Å². The van der Waals surface area contributed by atoms with Gasteiger partial charge in [0.25, 0.3) is 0 Å². The standard InChI is InChI=1S/C29H35ClN4O3/c1-20-12-21(2)34(31-20)18-28(35)33-10-11-36-29-25(17-33)13-24(23-7-4-8-26(30)14-23)15-27(29)37-19-22-6-5-9-32(3)16-22/h4,7-8,12-15,22H,5-6,9-11,16-19H2,1-3H3/t22-/m0/s1. The van der Waals surface area contributed by atoms with Crippen LogP contribution in [0.25, 0.3) is 11.1 Å². The van der Waals surface area contributed by atoms with Gasteiger partial charge in [-0.1, -0.05) is 23.7 Å². The Labute approximate surface area is 223 Å². The predicted molar refractivity (Wildman–Crippen MR) is 145 cm³/mol. The van der Waals surface area contributed by atoms with E-state index in [2.05, 4.69) is 23.1 Å². The highest BCUT2D eigenvalue weighted by molar-refractivity contribution is 6.30. The maximum atomic E-state index is 13.3. The van der Waals surface area contributed by atoms with Crippen LogP contribution in [0, 0.1) is 19.8 Å². The fourth-order valence-corrected chi connectivity index (χ4v) is 5.51. The van der Waals surface area contributed by atoms with Gasteiger partial charge in [0.05, 0.1) is 18.8 Å². The van der Waals surface area contributed by atoms with Crippen molar-refractivity contribution in [1.82, 2.24) is 19.6 Å². The highest BCUT2D eigenvalue weighted by atomic mass is 35.5. The van der Waals surface area contributed by atoms with E-state index in [9.17, 15) is 4.79 Å². The largest absolute Gasteiger partial charge is 0.489 e. The molecule has 1 amide bonds. The zero-order chi connectivity index (χ0) is 25.9. The molecule has 1 atom stereocenters. The van der Waals surface area contributed by atoms with Crippen molar-refractivity contribution in [2.45, 2.75) is 39.8 Å². The van der Waals surface area contributed by atoms with Gasteiger partial charge in [0, 0.05) is 35.3 Å². The summed E-state index contributed by atoms with van der Waals surface area (Å²) in [5.41, 5.74) is 4.82. The molecule has 0 radical (unpaired) electrons. The molecule has 2 aliphatic heterocycles. The number of amides is 1. The second-order valence-corrected chi connectivity index (χ2v) is 10.7. The highest BCUT2D eigenvalue weighted by Crippen LogP contribution is 2.39. The number of ether oxygens (including phenoxy) is 2. The summed E-state index contributed by atoms with van der Waals surface area (Å²) in [5.74, 6) is 1.96. The summed E-state index contributed by atoms with van der Waals surface area (Å²) < 4.78 is 14.5. The lowest BCUT2D eigenvalue weighted by molar-refractivity contribution is -0.132. The Morgan fingerprint density at radius 2 is 2.03 bits per heavy atom. The molecule has 1 fully saturated rings. The maximum Gasteiger partial charge on any atom is 0.244 e. The van der Waals surface area contributed by atoms with Crippen LogP contribution in [0.1, 0.15) is 29.8 Å². The molecular formula is C29H35ClN4O3. The third kappa shape index (κ3) is 6.11. The summed E-state index contributed by atoms with van der Waals surface area (Å²) in [6, 6.07) is 13.9. The van der Waals surface area contributed by atoms with Gasteiger partial charge in [0.1, 0.15) is 13.2 Å². The molecule has 8 heteroatoms. The van der Waals surface area contributed by atoms with Crippen molar-refractivity contribution in [3.8, 4) is 22.6 Å². The summed E-state index contributed by atoms with van der Waals surface area (Å²) >= 11 is 6.31. The first-order valence-electron chi connectivity index (χ1n) is 13.0. The molecule has 1 saturated heterocycles. The quantitative estimate of drug-likeness (QED) is 0.458. The lowest BCUT2D eigenvalue weighted by atomic mass is 9.99. The first-order chi connectivity index (χ1) is 17.9. The molecule has 0 aliphatic carbocycles. The van der Waals surface area contributed by atoms with Crippen molar-refractivity contribution in [3.63, 3.8) is 0 Å². The number of aryl methyl sites for hydroxylation is 2. The summed E-state index contributed by atoms with van der Waals surface area (Å²) in [5, 5.41) is 5.14. The third-order valence-electron chi connectivity index (χ3n) is 7.20. The Bertz CT molecular complexity index is 1270. The number of nitrogens with zero attached hydrogens (tertiary/aromatic N) is 4. The number of piperidine rings is 1. The topological polar surface area (TPSA) is 59.8 Å². The van der Waals surface area contributed by atoms with E-state index in [4.69, 9.17) is 21.1 Å². The van der Waals surface area contributed by atoms with E-state index in [1.165, 1.54) is 6.42 Å². The maximum absolute atomic E-state index is 13.3. The van der Waals surface area contributed by atoms with Crippen LogP contribution in [0.5, 0.6) is 11.5 Å². The number of hydrogen-bond donors (Lipinski definition) is 0. The third-order valence-corrected chi connectivity index (χ3v) is 7.43. The zero-order valence-electron chi connectivity index (χ0n) is 21.9. The van der Waals surface area contributed by atoms with Gasteiger partial charge in [-0.15, -0.1) is 0 Å². The van der Waals surface area contributed by atoms with Crippen LogP contribution in [0.15, 0.2) is 42.5 Å². The van der Waals surface area contributed by atoms with Gasteiger partial charge in [0.15, 0.2) is 11.5 Å². The zero-order valence-corrected chi connectivity index (χ0v) is 22.6. The van der Waals surface area contributed by atoms with Crippen LogP contribution in [-0.4, -0.2) is 65.4 Å². The molecule has 0 saturated carbocycles. The van der Waals surface area contributed by atoms with Crippen molar-refractivity contribution in [3.05, 3.63) is 64.4 Å². The fraction of sp³-hybridized carbons (Fsp3) is 0.448. The van der Waals surface area contributed by atoms with Crippen LogP contribution < -0.4 is 9.47 Å². The molecule has 3 heterocycles. The average Bonchev–Trinajstić information content (AvgIpc) is 3.05. The molecule has 0 N–H and O–H groups in total. The van der Waals surface area contributed by atoms with Crippen molar-refractivity contribution < 1.29 is 14.3 Å². The van der Waals surface area contributed by atoms with E-state index in [-0.39, 0.29) is 12.5 Å². The van der Waals surface area contributed by atoms with Crippen molar-refractivity contribution >= 4 is 17.5 Å². The normalized spacial score (nSPS) is 18.2. The van der Waals surface area contributed by atoms with Gasteiger partial charge >= 0.3 is 0 Å². The summed E-state index contributed by atoms with van der Waals surface area (Å²) in [7, 11) is 2.17. The minimum Gasteiger partial charge on any atom is -0.489 e. The van der Waals surface area contributed by atoms with E-state index in [1.807, 2.05) is 55.1 Å². The molecule has 0 spiro atoms. The van der Waals surface area contributed by atoms with Crippen LogP contribution in [0.2, 0.25) is 5.02 Å². The average molecular weight is 523 g/mol. The number of hydrogen-bond acceptors (Lipinski definition) is 5. The number of rotatable bonds is 6. The SMILES string of the molecule is Cc1cc(C)n(CC(=O)N2CCOc3c(cc(-c4cccc(Cl)c4)cc3OC[C@H]3CCCN(C)C3)C2)n1. The predicted octanol–water partition coefficient (Wildman–Crippen LogP) is 4.96. The molecule has 196 valence electrons. The Balaban J connectivity index is 1.43. The Hall–Kier alpha value is -3.03. The number of likely N-dealkylation sites (tertiary alicyclic amines) is 1. The number of fused-ring (bicyclic) bond motifs is 1. The second kappa shape index (κ2) is 11.2. The van der Waals surface area contributed by atoms with Gasteiger partial charge in [0.2, 0.25) is 5.91 Å². The molecule has 7 nitrogen and oxygen atoms in total. The highest BCUT2D eigenvalue weighted by Gasteiger charge is 2.25. The first kappa shape index (κ1) is 25.6. The Kier molecular flexibility index (Phi) is 7.72. The lowest BCUT2D eigenvalue weighted by Crippen LogP contribution is -2.35. The van der Waals surface area contributed by atoms with Crippen LogP contribution >= 0.6 is 11.6 Å². The molecular weight excluding hydrogens is 488 g/mol. The van der Waals surface area contributed by atoms with Gasteiger partial charge in [-0.2, -0.15) is 5.10 Å². The second-order valence-electron chi connectivity index (χ2n) is 10.3. The molecule has 1 aromatic heterocycles. The van der Waals surface area contributed by atoms with Crippen LogP contribution in [0.4, 0.5) is 0 Å². The minimum absolute atomic E-state index is 0.0171. The molecule has 2 aromatic carbocycles. The number of carbonyl (C=O) groups excluding carboxylic acids is 1. The molecule has 5 rings (SSSR count). The lowest BCUT2D eigenvalue weighted by Gasteiger charge is -2.29. The van der Waals surface area contributed by atoms with E-state index in [0.717, 1.165) is 59.1 Å². The Morgan fingerprint density at radius 3 is 2.78 bits per heavy atom. The monoisotopic (exact) mass is 522 g/mol. The molecule has 0 unspecified atom stereocenters. The Morgan fingerprint density at radius 1 is 1.16 bits per heavy atom. The summed E-state index contributed by atoms with van der Waals surface area (Å²) in [6.07, 6.45) is 2.35. The van der Waals surface area contributed by atoms with E-state index in [0.29, 0.717) is 37.2 Å². The number of benzene rings is 2. The molecule has 0 bridgehead atoms. The molecule has 2 aliphatic rings. The van der Waals surface area contributed by atoms with Crippen molar-refractivity contribution in [1.29, 1.82) is 0 Å². The van der Waals surface area contributed by atoms with Gasteiger partial charge < -0.3 is 19.3 Å². The van der Waals surface area contributed by atoms with Gasteiger partial charge in [-0.25, -0.2) is 0 Å². The number of aromatic nitrogens is 2. The van der Waals surface area contributed by atoms with Gasteiger partial charge in [-0.3, -0.25) is 9.48 Å². The summed E-state index contributed by atoms with van der Waals surface area (Å²) in [6.45, 7) is 8.30. The van der Waals surface area contributed by atoms with Crippen molar-refractivity contribution in [2.24, 2.45) is 5.92 Å². The van der Waals surface area contributed by atoms with E-state index >= 15 is 0 Å². The number of halogens is 1. The first-order valence-corrected chi connectivity index (χ1v) is 13.4. The number of carbonyl (C=O) groups is 1. The summed E-state index contributed by atoms with van der Waals surface area (Å²) in [4.78, 5) is 17.5. The van der Waals surface area contributed by atoms with Crippen LogP contribution in [0.3, 0.4) is 0 Å². The fourth-order valence-electron chi connectivity index (χ4n) is 5.32.